The molecule has 0 saturated carbocycles. The summed E-state index contributed by atoms with van der Waals surface area (Å²) in [7, 11) is 0. The SMILES string of the molecule is CCCNCc1ncc(-c2ccc(Br)c(C=O)c2)[nH]1. The van der Waals surface area contributed by atoms with Gasteiger partial charge in [-0.1, -0.05) is 28.9 Å². The highest BCUT2D eigenvalue weighted by atomic mass is 79.9. The van der Waals surface area contributed by atoms with Gasteiger partial charge in [-0.2, -0.15) is 0 Å². The minimum Gasteiger partial charge on any atom is -0.341 e. The molecular weight excluding hydrogens is 306 g/mol. The molecule has 0 spiro atoms. The van der Waals surface area contributed by atoms with Crippen molar-refractivity contribution in [1.82, 2.24) is 15.3 Å². The van der Waals surface area contributed by atoms with Gasteiger partial charge in [0.1, 0.15) is 5.82 Å². The smallest absolute Gasteiger partial charge is 0.151 e. The van der Waals surface area contributed by atoms with Crippen LogP contribution in [0.2, 0.25) is 0 Å². The second-order valence-corrected chi connectivity index (χ2v) is 5.13. The highest BCUT2D eigenvalue weighted by molar-refractivity contribution is 9.10. The van der Waals surface area contributed by atoms with Crippen molar-refractivity contribution in [2.75, 3.05) is 6.54 Å². The van der Waals surface area contributed by atoms with E-state index in [1.54, 1.807) is 6.20 Å². The monoisotopic (exact) mass is 321 g/mol. The molecule has 0 radical (unpaired) electrons. The van der Waals surface area contributed by atoms with Gasteiger partial charge >= 0.3 is 0 Å². The molecule has 5 heteroatoms. The highest BCUT2D eigenvalue weighted by Gasteiger charge is 2.06. The van der Waals surface area contributed by atoms with E-state index in [1.165, 1.54) is 0 Å². The Balaban J connectivity index is 2.15. The average molecular weight is 322 g/mol. The third-order valence-electron chi connectivity index (χ3n) is 2.78. The van der Waals surface area contributed by atoms with Crippen LogP contribution in [0.15, 0.2) is 28.9 Å². The lowest BCUT2D eigenvalue weighted by Crippen LogP contribution is -2.14. The quantitative estimate of drug-likeness (QED) is 0.634. The van der Waals surface area contributed by atoms with E-state index in [4.69, 9.17) is 0 Å². The zero-order valence-corrected chi connectivity index (χ0v) is 12.3. The number of halogens is 1. The first-order chi connectivity index (χ1) is 9.24. The number of aromatic nitrogens is 2. The van der Waals surface area contributed by atoms with E-state index in [0.29, 0.717) is 5.56 Å². The van der Waals surface area contributed by atoms with E-state index in [9.17, 15) is 4.79 Å². The molecule has 0 amide bonds. The molecule has 1 aromatic carbocycles. The summed E-state index contributed by atoms with van der Waals surface area (Å²) in [6, 6.07) is 5.66. The summed E-state index contributed by atoms with van der Waals surface area (Å²) in [4.78, 5) is 18.5. The van der Waals surface area contributed by atoms with Crippen molar-refractivity contribution < 1.29 is 4.79 Å². The number of carbonyl (C=O) groups excluding carboxylic acids is 1. The molecule has 0 aliphatic carbocycles. The van der Waals surface area contributed by atoms with Gasteiger partial charge in [0.25, 0.3) is 0 Å². The zero-order valence-electron chi connectivity index (χ0n) is 10.7. The summed E-state index contributed by atoms with van der Waals surface area (Å²) in [5.74, 6) is 0.902. The van der Waals surface area contributed by atoms with Crippen LogP contribution in [0.1, 0.15) is 29.5 Å². The van der Waals surface area contributed by atoms with Crippen LogP contribution in [-0.2, 0) is 6.54 Å². The molecule has 0 unspecified atom stereocenters. The summed E-state index contributed by atoms with van der Waals surface area (Å²) in [6.07, 6.45) is 3.73. The van der Waals surface area contributed by atoms with Gasteiger partial charge in [-0.15, -0.1) is 0 Å². The van der Waals surface area contributed by atoms with Gasteiger partial charge in [0.05, 0.1) is 18.4 Å². The number of aromatic amines is 1. The number of imidazole rings is 1. The van der Waals surface area contributed by atoms with E-state index >= 15 is 0 Å². The molecule has 19 heavy (non-hydrogen) atoms. The third-order valence-corrected chi connectivity index (χ3v) is 3.50. The van der Waals surface area contributed by atoms with Crippen molar-refractivity contribution in [3.8, 4) is 11.3 Å². The Bertz CT molecular complexity index is 566. The number of nitrogens with one attached hydrogen (secondary N) is 2. The molecule has 2 aromatic rings. The van der Waals surface area contributed by atoms with Crippen molar-refractivity contribution >= 4 is 22.2 Å². The maximum Gasteiger partial charge on any atom is 0.151 e. The van der Waals surface area contributed by atoms with Gasteiger partial charge in [0.15, 0.2) is 6.29 Å². The lowest BCUT2D eigenvalue weighted by atomic mass is 10.1. The summed E-state index contributed by atoms with van der Waals surface area (Å²) in [5.41, 5.74) is 2.51. The average Bonchev–Trinajstić information content (AvgIpc) is 2.88. The number of rotatable bonds is 6. The molecule has 0 fully saturated rings. The molecule has 4 nitrogen and oxygen atoms in total. The lowest BCUT2D eigenvalue weighted by Gasteiger charge is -2.02. The standard InChI is InChI=1S/C14H16BrN3O/c1-2-5-16-8-14-17-7-13(18-14)10-3-4-12(15)11(6-10)9-19/h3-4,6-7,9,16H,2,5,8H2,1H3,(H,17,18). The number of aldehydes is 1. The minimum absolute atomic E-state index is 0.637. The van der Waals surface area contributed by atoms with Crippen LogP contribution in [0.5, 0.6) is 0 Å². The lowest BCUT2D eigenvalue weighted by molar-refractivity contribution is 0.112. The van der Waals surface area contributed by atoms with Crippen LogP contribution in [0.25, 0.3) is 11.3 Å². The molecule has 100 valence electrons. The fraction of sp³-hybridized carbons (Fsp3) is 0.286. The second-order valence-electron chi connectivity index (χ2n) is 4.27. The summed E-state index contributed by atoms with van der Waals surface area (Å²) in [5, 5.41) is 3.29. The Morgan fingerprint density at radius 2 is 2.32 bits per heavy atom. The predicted molar refractivity (Wildman–Crippen MR) is 79.1 cm³/mol. The molecule has 0 aliphatic rings. The Kier molecular flexibility index (Phi) is 4.87. The van der Waals surface area contributed by atoms with E-state index in [-0.39, 0.29) is 0 Å². The second kappa shape index (κ2) is 6.63. The number of carbonyl (C=O) groups is 1. The molecule has 1 heterocycles. The Morgan fingerprint density at radius 3 is 3.05 bits per heavy atom. The summed E-state index contributed by atoms with van der Waals surface area (Å²) in [6.45, 7) is 3.83. The first-order valence-electron chi connectivity index (χ1n) is 6.24. The molecule has 0 atom stereocenters. The molecule has 0 aliphatic heterocycles. The molecule has 0 bridgehead atoms. The van der Waals surface area contributed by atoms with Crippen molar-refractivity contribution in [3.63, 3.8) is 0 Å². The van der Waals surface area contributed by atoms with Gasteiger partial charge in [-0.25, -0.2) is 4.98 Å². The maximum atomic E-state index is 10.9. The van der Waals surface area contributed by atoms with Crippen molar-refractivity contribution in [1.29, 1.82) is 0 Å². The van der Waals surface area contributed by atoms with Crippen LogP contribution < -0.4 is 5.32 Å². The van der Waals surface area contributed by atoms with Gasteiger partial charge in [0.2, 0.25) is 0 Å². The van der Waals surface area contributed by atoms with E-state index < -0.39 is 0 Å². The van der Waals surface area contributed by atoms with Crippen molar-refractivity contribution in [2.24, 2.45) is 0 Å². The predicted octanol–water partition coefficient (Wildman–Crippen LogP) is 3.15. The molecule has 0 saturated heterocycles. The first kappa shape index (κ1) is 14.0. The van der Waals surface area contributed by atoms with Crippen LogP contribution in [0, 0.1) is 0 Å². The van der Waals surface area contributed by atoms with Crippen molar-refractivity contribution in [3.05, 3.63) is 40.3 Å². The third kappa shape index (κ3) is 3.52. The van der Waals surface area contributed by atoms with Crippen LogP contribution in [0.3, 0.4) is 0 Å². The Morgan fingerprint density at radius 1 is 1.47 bits per heavy atom. The van der Waals surface area contributed by atoms with Crippen LogP contribution >= 0.6 is 15.9 Å². The van der Waals surface area contributed by atoms with Gasteiger partial charge < -0.3 is 10.3 Å². The van der Waals surface area contributed by atoms with Crippen LogP contribution in [0.4, 0.5) is 0 Å². The molecule has 1 aromatic heterocycles. The minimum atomic E-state index is 0.637. The molecule has 2 rings (SSSR count). The van der Waals surface area contributed by atoms with Gasteiger partial charge in [-0.05, 0) is 25.1 Å². The number of nitrogens with zero attached hydrogens (tertiary/aromatic N) is 1. The number of benzene rings is 1. The highest BCUT2D eigenvalue weighted by Crippen LogP contribution is 2.23. The fourth-order valence-corrected chi connectivity index (χ4v) is 2.12. The van der Waals surface area contributed by atoms with Gasteiger partial charge in [0, 0.05) is 15.6 Å². The maximum absolute atomic E-state index is 10.9. The van der Waals surface area contributed by atoms with E-state index in [0.717, 1.165) is 47.4 Å². The van der Waals surface area contributed by atoms with E-state index in [1.807, 2.05) is 18.2 Å². The Hall–Kier alpha value is -1.46. The summed E-state index contributed by atoms with van der Waals surface area (Å²) >= 11 is 3.34. The zero-order chi connectivity index (χ0) is 13.7. The largest absolute Gasteiger partial charge is 0.341 e. The summed E-state index contributed by atoms with van der Waals surface area (Å²) < 4.78 is 0.801. The van der Waals surface area contributed by atoms with E-state index in [2.05, 4.69) is 38.1 Å². The van der Waals surface area contributed by atoms with Crippen molar-refractivity contribution in [2.45, 2.75) is 19.9 Å². The normalized spacial score (nSPS) is 10.6. The van der Waals surface area contributed by atoms with Crippen LogP contribution in [-0.4, -0.2) is 22.8 Å². The topological polar surface area (TPSA) is 57.8 Å². The first-order valence-corrected chi connectivity index (χ1v) is 7.03. The number of H-pyrrole nitrogens is 1. The van der Waals surface area contributed by atoms with Gasteiger partial charge in [-0.3, -0.25) is 4.79 Å². The number of hydrogen-bond acceptors (Lipinski definition) is 3. The Labute approximate surface area is 120 Å². The molecule has 2 N–H and O–H groups in total. The number of hydrogen-bond donors (Lipinski definition) is 2. The fourth-order valence-electron chi connectivity index (χ4n) is 1.78. The molecular formula is C14H16BrN3O.